The molecule has 0 bridgehead atoms. The average molecular weight is 434 g/mol. The van der Waals surface area contributed by atoms with E-state index < -0.39 is 0 Å². The maximum atomic E-state index is 13.1. The number of nitrogens with zero attached hydrogens (tertiary/aromatic N) is 1. The lowest BCUT2D eigenvalue weighted by atomic mass is 9.97. The zero-order valence-electron chi connectivity index (χ0n) is 16.6. The van der Waals surface area contributed by atoms with Gasteiger partial charge in [0.15, 0.2) is 0 Å². The van der Waals surface area contributed by atoms with E-state index >= 15 is 0 Å². The molecule has 1 atom stereocenters. The fourth-order valence-corrected chi connectivity index (χ4v) is 3.66. The number of halogens is 2. The largest absolute Gasteiger partial charge is 0.457 e. The van der Waals surface area contributed by atoms with E-state index in [1.807, 2.05) is 0 Å². The van der Waals surface area contributed by atoms with Gasteiger partial charge in [-0.2, -0.15) is 0 Å². The van der Waals surface area contributed by atoms with E-state index in [1.165, 1.54) is 30.3 Å². The molecule has 30 heavy (non-hydrogen) atoms. The second-order valence-corrected chi connectivity index (χ2v) is 7.78. The summed E-state index contributed by atoms with van der Waals surface area (Å²) in [7, 11) is 0. The zero-order valence-corrected chi connectivity index (χ0v) is 17.3. The van der Waals surface area contributed by atoms with Crippen molar-refractivity contribution in [3.63, 3.8) is 0 Å². The van der Waals surface area contributed by atoms with E-state index in [4.69, 9.17) is 22.1 Å². The summed E-state index contributed by atoms with van der Waals surface area (Å²) < 4.78 is 18.8. The predicted octanol–water partition coefficient (Wildman–Crippen LogP) is 3.59. The molecule has 2 aromatic rings. The van der Waals surface area contributed by atoms with Gasteiger partial charge in [-0.25, -0.2) is 4.39 Å². The van der Waals surface area contributed by atoms with E-state index in [-0.39, 0.29) is 23.5 Å². The van der Waals surface area contributed by atoms with Crippen LogP contribution in [0.5, 0.6) is 11.5 Å². The molecule has 1 aliphatic heterocycles. The molecular weight excluding hydrogens is 409 g/mol. The standard InChI is InChI=1S/C22H25ClFN3O3/c23-16-4-9-20(30-18-7-5-17(24)6-8-18)19(13-16)22(29)26-10-2-12-27-11-1-3-15(14-27)21(25)28/h4-9,13,15H,1-3,10-12,14H2,(H2,25,28)(H,26,29). The number of carbonyl (C=O) groups is 2. The van der Waals surface area contributed by atoms with Crippen LogP contribution in [0.1, 0.15) is 29.6 Å². The molecule has 0 aromatic heterocycles. The van der Waals surface area contributed by atoms with Crippen LogP contribution >= 0.6 is 11.6 Å². The Morgan fingerprint density at radius 2 is 2.00 bits per heavy atom. The molecule has 160 valence electrons. The normalized spacial score (nSPS) is 16.8. The van der Waals surface area contributed by atoms with Gasteiger partial charge in [-0.1, -0.05) is 11.6 Å². The highest BCUT2D eigenvalue weighted by atomic mass is 35.5. The summed E-state index contributed by atoms with van der Waals surface area (Å²) in [5.41, 5.74) is 5.72. The Labute approximate surface area is 180 Å². The summed E-state index contributed by atoms with van der Waals surface area (Å²) in [6.07, 6.45) is 2.53. The predicted molar refractivity (Wildman–Crippen MR) is 113 cm³/mol. The molecule has 1 saturated heterocycles. The van der Waals surface area contributed by atoms with Gasteiger partial charge in [0.25, 0.3) is 5.91 Å². The third-order valence-electron chi connectivity index (χ3n) is 5.07. The first-order chi connectivity index (χ1) is 14.4. The Morgan fingerprint density at radius 1 is 1.23 bits per heavy atom. The van der Waals surface area contributed by atoms with Crippen molar-refractivity contribution in [3.05, 3.63) is 58.9 Å². The number of hydrogen-bond acceptors (Lipinski definition) is 4. The SMILES string of the molecule is NC(=O)C1CCCN(CCCNC(=O)c2cc(Cl)ccc2Oc2ccc(F)cc2)C1. The number of nitrogens with two attached hydrogens (primary N) is 1. The highest BCUT2D eigenvalue weighted by Gasteiger charge is 2.23. The molecule has 2 aromatic carbocycles. The Balaban J connectivity index is 1.54. The van der Waals surface area contributed by atoms with E-state index in [1.54, 1.807) is 12.1 Å². The number of primary amides is 1. The number of ether oxygens (including phenoxy) is 1. The molecule has 0 spiro atoms. The molecule has 8 heteroatoms. The van der Waals surface area contributed by atoms with E-state index in [0.717, 1.165) is 32.4 Å². The lowest BCUT2D eigenvalue weighted by molar-refractivity contribution is -0.123. The van der Waals surface area contributed by atoms with Gasteiger partial charge in [0.1, 0.15) is 17.3 Å². The number of likely N-dealkylation sites (tertiary alicyclic amines) is 1. The fraction of sp³-hybridized carbons (Fsp3) is 0.364. The molecule has 1 fully saturated rings. The van der Waals surface area contributed by atoms with Gasteiger partial charge in [0.2, 0.25) is 5.91 Å². The zero-order chi connectivity index (χ0) is 21.5. The Kier molecular flexibility index (Phi) is 7.65. The van der Waals surface area contributed by atoms with Gasteiger partial charge in [-0.05, 0) is 74.8 Å². The molecular formula is C22H25ClFN3O3. The minimum absolute atomic E-state index is 0.0917. The maximum absolute atomic E-state index is 13.1. The molecule has 0 radical (unpaired) electrons. The first-order valence-electron chi connectivity index (χ1n) is 9.95. The van der Waals surface area contributed by atoms with Crippen LogP contribution in [-0.4, -0.2) is 42.9 Å². The lowest BCUT2D eigenvalue weighted by Gasteiger charge is -2.31. The number of amides is 2. The van der Waals surface area contributed by atoms with Crippen molar-refractivity contribution in [1.82, 2.24) is 10.2 Å². The van der Waals surface area contributed by atoms with Crippen LogP contribution in [0.3, 0.4) is 0 Å². The quantitative estimate of drug-likeness (QED) is 0.623. The minimum atomic E-state index is -0.368. The van der Waals surface area contributed by atoms with Crippen LogP contribution < -0.4 is 15.8 Å². The van der Waals surface area contributed by atoms with Gasteiger partial charge in [-0.3, -0.25) is 9.59 Å². The Bertz CT molecular complexity index is 892. The number of carbonyl (C=O) groups excluding carboxylic acids is 2. The highest BCUT2D eigenvalue weighted by molar-refractivity contribution is 6.31. The molecule has 2 amide bonds. The summed E-state index contributed by atoms with van der Waals surface area (Å²) in [4.78, 5) is 26.3. The summed E-state index contributed by atoms with van der Waals surface area (Å²) in [5.74, 6) is -0.255. The molecule has 3 N–H and O–H groups in total. The van der Waals surface area contributed by atoms with Crippen LogP contribution in [0.4, 0.5) is 4.39 Å². The number of nitrogens with one attached hydrogen (secondary N) is 1. The third-order valence-corrected chi connectivity index (χ3v) is 5.31. The van der Waals surface area contributed by atoms with Crippen molar-refractivity contribution >= 4 is 23.4 Å². The molecule has 1 heterocycles. The minimum Gasteiger partial charge on any atom is -0.457 e. The van der Waals surface area contributed by atoms with Crippen molar-refractivity contribution in [2.75, 3.05) is 26.2 Å². The van der Waals surface area contributed by atoms with Crippen LogP contribution in [0.25, 0.3) is 0 Å². The topological polar surface area (TPSA) is 84.7 Å². The molecule has 0 aliphatic carbocycles. The molecule has 1 aliphatic rings. The average Bonchev–Trinajstić information content (AvgIpc) is 2.74. The number of hydrogen-bond donors (Lipinski definition) is 2. The van der Waals surface area contributed by atoms with Gasteiger partial charge >= 0.3 is 0 Å². The number of piperidine rings is 1. The monoisotopic (exact) mass is 433 g/mol. The van der Waals surface area contributed by atoms with Crippen LogP contribution in [-0.2, 0) is 4.79 Å². The van der Waals surface area contributed by atoms with Gasteiger partial charge < -0.3 is 20.7 Å². The maximum Gasteiger partial charge on any atom is 0.255 e. The second kappa shape index (κ2) is 10.4. The first-order valence-corrected chi connectivity index (χ1v) is 10.3. The first kappa shape index (κ1) is 22.1. The second-order valence-electron chi connectivity index (χ2n) is 7.35. The summed E-state index contributed by atoms with van der Waals surface area (Å²) in [6.45, 7) is 2.85. The van der Waals surface area contributed by atoms with Gasteiger partial charge in [0, 0.05) is 18.1 Å². The summed E-state index contributed by atoms with van der Waals surface area (Å²) in [5, 5.41) is 3.29. The lowest BCUT2D eigenvalue weighted by Crippen LogP contribution is -2.42. The molecule has 0 saturated carbocycles. The van der Waals surface area contributed by atoms with Crippen LogP contribution in [0.2, 0.25) is 5.02 Å². The van der Waals surface area contributed by atoms with Gasteiger partial charge in [-0.15, -0.1) is 0 Å². The molecule has 3 rings (SSSR count). The van der Waals surface area contributed by atoms with Crippen molar-refractivity contribution in [2.45, 2.75) is 19.3 Å². The van der Waals surface area contributed by atoms with Crippen molar-refractivity contribution in [1.29, 1.82) is 0 Å². The molecule has 1 unspecified atom stereocenters. The summed E-state index contributed by atoms with van der Waals surface area (Å²) >= 11 is 6.06. The van der Waals surface area contributed by atoms with Crippen LogP contribution in [0, 0.1) is 11.7 Å². The van der Waals surface area contributed by atoms with Crippen molar-refractivity contribution in [2.24, 2.45) is 11.7 Å². The van der Waals surface area contributed by atoms with Crippen molar-refractivity contribution in [3.8, 4) is 11.5 Å². The smallest absolute Gasteiger partial charge is 0.255 e. The van der Waals surface area contributed by atoms with Crippen LogP contribution in [0.15, 0.2) is 42.5 Å². The summed E-state index contributed by atoms with van der Waals surface area (Å²) in [6, 6.07) is 10.3. The number of benzene rings is 2. The Hall–Kier alpha value is -2.64. The Morgan fingerprint density at radius 3 is 2.73 bits per heavy atom. The fourth-order valence-electron chi connectivity index (χ4n) is 3.49. The third kappa shape index (κ3) is 6.18. The highest BCUT2D eigenvalue weighted by Crippen LogP contribution is 2.28. The van der Waals surface area contributed by atoms with Crippen molar-refractivity contribution < 1.29 is 18.7 Å². The van der Waals surface area contributed by atoms with E-state index in [9.17, 15) is 14.0 Å². The molecule has 6 nitrogen and oxygen atoms in total. The van der Waals surface area contributed by atoms with E-state index in [0.29, 0.717) is 35.2 Å². The van der Waals surface area contributed by atoms with E-state index in [2.05, 4.69) is 10.2 Å². The number of rotatable bonds is 8. The van der Waals surface area contributed by atoms with Gasteiger partial charge in [0.05, 0.1) is 11.5 Å².